The molecule has 0 aliphatic carbocycles. The first-order valence-corrected chi connectivity index (χ1v) is 8.63. The molecule has 5 nitrogen and oxygen atoms in total. The van der Waals surface area contributed by atoms with Gasteiger partial charge in [-0.05, 0) is 30.0 Å². The van der Waals surface area contributed by atoms with Crippen molar-refractivity contribution in [2.75, 3.05) is 6.54 Å². The predicted molar refractivity (Wildman–Crippen MR) is 103 cm³/mol. The molecule has 172 valence electrons. The molecule has 1 amide bonds. The molecule has 2 N–H and O–H groups in total. The maximum Gasteiger partial charge on any atom is 0.451 e. The van der Waals surface area contributed by atoms with Crippen molar-refractivity contribution in [2.45, 2.75) is 38.0 Å². The number of alkyl halides is 3. The Morgan fingerprint density at radius 3 is 2.42 bits per heavy atom. The third-order valence-electron chi connectivity index (χ3n) is 4.56. The molecule has 3 rings (SSSR count). The van der Waals surface area contributed by atoms with E-state index in [-0.39, 0.29) is 68.4 Å². The second kappa shape index (κ2) is 10.5. The summed E-state index contributed by atoms with van der Waals surface area (Å²) in [5.41, 5.74) is 6.30. The lowest BCUT2D eigenvalue weighted by Crippen LogP contribution is -2.40. The van der Waals surface area contributed by atoms with Gasteiger partial charge in [-0.15, -0.1) is 24.8 Å². The van der Waals surface area contributed by atoms with Gasteiger partial charge < -0.3 is 10.6 Å². The fourth-order valence-corrected chi connectivity index (χ4v) is 3.08. The zero-order valence-electron chi connectivity index (χ0n) is 15.8. The minimum Gasteiger partial charge on any atom is -0.336 e. The van der Waals surface area contributed by atoms with Crippen molar-refractivity contribution in [3.8, 4) is 0 Å². The fourth-order valence-electron chi connectivity index (χ4n) is 3.08. The minimum absolute atomic E-state index is 0. The molecule has 2 aromatic rings. The molecule has 1 aromatic heterocycles. The molecule has 0 bridgehead atoms. The van der Waals surface area contributed by atoms with Crippen LogP contribution in [0.5, 0.6) is 0 Å². The average molecular weight is 491 g/mol. The highest BCUT2D eigenvalue weighted by atomic mass is 35.5. The van der Waals surface area contributed by atoms with Crippen LogP contribution in [0, 0.1) is 17.5 Å². The third-order valence-corrected chi connectivity index (χ3v) is 4.56. The molecule has 31 heavy (non-hydrogen) atoms. The van der Waals surface area contributed by atoms with Crippen molar-refractivity contribution in [1.82, 2.24) is 14.9 Å². The number of nitrogens with zero attached hydrogens (tertiary/aromatic N) is 3. The number of benzene rings is 1. The number of nitrogens with two attached hydrogens (primary N) is 1. The quantitative estimate of drug-likeness (QED) is 0.525. The molecule has 0 spiro atoms. The highest BCUT2D eigenvalue weighted by molar-refractivity contribution is 5.85. The van der Waals surface area contributed by atoms with Gasteiger partial charge in [0.25, 0.3) is 0 Å². The van der Waals surface area contributed by atoms with Crippen LogP contribution in [0.1, 0.15) is 29.1 Å². The normalized spacial score (nSPS) is 14.2. The van der Waals surface area contributed by atoms with Crippen LogP contribution in [0.2, 0.25) is 0 Å². The van der Waals surface area contributed by atoms with Crippen molar-refractivity contribution >= 4 is 30.7 Å². The second-order valence-electron chi connectivity index (χ2n) is 6.75. The van der Waals surface area contributed by atoms with Crippen molar-refractivity contribution in [3.63, 3.8) is 0 Å². The highest BCUT2D eigenvalue weighted by Gasteiger charge is 2.36. The van der Waals surface area contributed by atoms with Crippen LogP contribution in [0.4, 0.5) is 26.3 Å². The van der Waals surface area contributed by atoms with E-state index in [9.17, 15) is 31.1 Å². The second-order valence-corrected chi connectivity index (χ2v) is 6.75. The summed E-state index contributed by atoms with van der Waals surface area (Å²) in [6.07, 6.45) is -3.76. The van der Waals surface area contributed by atoms with Gasteiger partial charge in [0.05, 0.1) is 12.2 Å². The summed E-state index contributed by atoms with van der Waals surface area (Å²) in [6, 6.07) is 0.194. The number of fused-ring (bicyclic) bond motifs is 1. The number of rotatable bonds is 4. The molecule has 1 aromatic carbocycles. The number of halogens is 8. The van der Waals surface area contributed by atoms with Gasteiger partial charge in [-0.25, -0.2) is 23.1 Å². The molecule has 2 heterocycles. The van der Waals surface area contributed by atoms with Gasteiger partial charge in [-0.3, -0.25) is 4.79 Å². The summed E-state index contributed by atoms with van der Waals surface area (Å²) in [6.45, 7) is 0.110. The molecule has 1 aliphatic rings. The monoisotopic (exact) mass is 490 g/mol. The first-order chi connectivity index (χ1) is 13.5. The Morgan fingerprint density at radius 1 is 1.13 bits per heavy atom. The van der Waals surface area contributed by atoms with E-state index < -0.39 is 41.4 Å². The van der Waals surface area contributed by atoms with Crippen molar-refractivity contribution in [2.24, 2.45) is 5.73 Å². The van der Waals surface area contributed by atoms with Crippen LogP contribution in [0.25, 0.3) is 0 Å². The Bertz CT molecular complexity index is 944. The van der Waals surface area contributed by atoms with Crippen LogP contribution < -0.4 is 5.73 Å². The Kier molecular flexibility index (Phi) is 9.09. The van der Waals surface area contributed by atoms with Gasteiger partial charge in [0.2, 0.25) is 11.7 Å². The van der Waals surface area contributed by atoms with E-state index >= 15 is 0 Å². The summed E-state index contributed by atoms with van der Waals surface area (Å²) in [5, 5.41) is 0. The molecule has 1 aliphatic heterocycles. The summed E-state index contributed by atoms with van der Waals surface area (Å²) < 4.78 is 78.3. The van der Waals surface area contributed by atoms with Crippen molar-refractivity contribution in [1.29, 1.82) is 0 Å². The van der Waals surface area contributed by atoms with Crippen molar-refractivity contribution < 1.29 is 31.1 Å². The van der Waals surface area contributed by atoms with Crippen LogP contribution in [0.3, 0.4) is 0 Å². The molecule has 0 saturated carbocycles. The predicted octanol–water partition coefficient (Wildman–Crippen LogP) is 3.60. The Hall–Kier alpha value is -2.11. The standard InChI is InChI=1S/C18H16F6N4O.2ClH/c19-12-6-14(21)13(20)4-10(12)3-11(25)5-16(29)28-2-1-9-7-26-17(18(22,23)24)27-15(9)8-28;;/h4,6-7,11H,1-3,5,8,25H2;2*1H/t11-;;/m1../s1. The fraction of sp³-hybridized carbons (Fsp3) is 0.389. The molecule has 0 fully saturated rings. The number of hydrogen-bond acceptors (Lipinski definition) is 4. The molecule has 0 unspecified atom stereocenters. The van der Waals surface area contributed by atoms with Crippen LogP contribution in [0.15, 0.2) is 18.3 Å². The summed E-state index contributed by atoms with van der Waals surface area (Å²) in [7, 11) is 0. The van der Waals surface area contributed by atoms with E-state index in [1.807, 2.05) is 0 Å². The third kappa shape index (κ3) is 6.44. The van der Waals surface area contributed by atoms with Crippen molar-refractivity contribution in [3.05, 3.63) is 58.4 Å². The maximum absolute atomic E-state index is 13.7. The van der Waals surface area contributed by atoms with Crippen LogP contribution >= 0.6 is 24.8 Å². The molecule has 13 heteroatoms. The lowest BCUT2D eigenvalue weighted by atomic mass is 10.0. The SMILES string of the molecule is Cl.Cl.N[C@@H](CC(=O)N1CCc2cnc(C(F)(F)F)nc2C1)Cc1cc(F)c(F)cc1F. The lowest BCUT2D eigenvalue weighted by molar-refractivity contribution is -0.145. The number of carbonyl (C=O) groups is 1. The first-order valence-electron chi connectivity index (χ1n) is 8.63. The van der Waals surface area contributed by atoms with Gasteiger partial charge in [0.1, 0.15) is 5.82 Å². The van der Waals surface area contributed by atoms with E-state index in [0.29, 0.717) is 17.7 Å². The average Bonchev–Trinajstić information content (AvgIpc) is 2.64. The number of amides is 1. The molecule has 0 saturated heterocycles. The smallest absolute Gasteiger partial charge is 0.336 e. The number of hydrogen-bond donors (Lipinski definition) is 1. The lowest BCUT2D eigenvalue weighted by Gasteiger charge is -2.29. The number of aromatic nitrogens is 2. The van der Waals surface area contributed by atoms with E-state index in [1.54, 1.807) is 0 Å². The summed E-state index contributed by atoms with van der Waals surface area (Å²) >= 11 is 0. The van der Waals surface area contributed by atoms with E-state index in [2.05, 4.69) is 9.97 Å². The van der Waals surface area contributed by atoms with Gasteiger partial charge in [-0.1, -0.05) is 0 Å². The number of carbonyl (C=O) groups excluding carboxylic acids is 1. The maximum atomic E-state index is 13.7. The molecule has 1 atom stereocenters. The Labute approximate surface area is 185 Å². The van der Waals surface area contributed by atoms with Gasteiger partial charge in [-0.2, -0.15) is 13.2 Å². The van der Waals surface area contributed by atoms with Crippen LogP contribution in [-0.4, -0.2) is 33.4 Å². The Balaban J connectivity index is 0.00000240. The topological polar surface area (TPSA) is 72.1 Å². The van der Waals surface area contributed by atoms with Gasteiger partial charge in [0.15, 0.2) is 11.6 Å². The first kappa shape index (κ1) is 26.9. The molecular weight excluding hydrogens is 473 g/mol. The van der Waals surface area contributed by atoms with Gasteiger partial charge in [0, 0.05) is 31.3 Å². The van der Waals surface area contributed by atoms with E-state index in [4.69, 9.17) is 5.73 Å². The minimum atomic E-state index is -4.70. The summed E-state index contributed by atoms with van der Waals surface area (Å²) in [5.74, 6) is -5.28. The van der Waals surface area contributed by atoms with E-state index in [0.717, 1.165) is 6.20 Å². The van der Waals surface area contributed by atoms with Crippen LogP contribution in [-0.2, 0) is 30.4 Å². The Morgan fingerprint density at radius 2 is 1.77 bits per heavy atom. The van der Waals surface area contributed by atoms with Gasteiger partial charge >= 0.3 is 6.18 Å². The zero-order valence-corrected chi connectivity index (χ0v) is 17.4. The molecular formula is C18H18Cl2F6N4O. The largest absolute Gasteiger partial charge is 0.451 e. The zero-order chi connectivity index (χ0) is 21.3. The highest BCUT2D eigenvalue weighted by Crippen LogP contribution is 2.28. The molecule has 0 radical (unpaired) electrons. The summed E-state index contributed by atoms with van der Waals surface area (Å²) in [4.78, 5) is 20.6. The van der Waals surface area contributed by atoms with E-state index in [1.165, 1.54) is 4.90 Å².